The van der Waals surface area contributed by atoms with E-state index < -0.39 is 98.2 Å². The van der Waals surface area contributed by atoms with Gasteiger partial charge in [0.1, 0.15) is 18.3 Å². The van der Waals surface area contributed by atoms with Crippen molar-refractivity contribution in [2.45, 2.75) is 62.9 Å². The first kappa shape index (κ1) is 43.1. The molecule has 3 unspecified atom stereocenters. The molecule has 0 amide bonds. The third kappa shape index (κ3) is 17.5. The van der Waals surface area contributed by atoms with Crippen molar-refractivity contribution < 1.29 is 56.9 Å². The molecule has 3 atom stereocenters. The molecule has 288 valence electrons. The van der Waals surface area contributed by atoms with Gasteiger partial charge in [-0.05, 0) is 16.7 Å². The largest absolute Gasteiger partial charge is 0.374 e. The molecule has 3 rings (SSSR count). The smallest absolute Gasteiger partial charge is 0.264 e. The van der Waals surface area contributed by atoms with E-state index in [1.165, 1.54) is 0 Å². The van der Waals surface area contributed by atoms with Gasteiger partial charge in [-0.1, -0.05) is 91.0 Å². The van der Waals surface area contributed by atoms with Crippen molar-refractivity contribution in [3.05, 3.63) is 118 Å². The van der Waals surface area contributed by atoms with Crippen molar-refractivity contribution in [1.29, 1.82) is 0 Å². The Kier molecular flexibility index (Phi) is 16.7. The van der Waals surface area contributed by atoms with Gasteiger partial charge in [-0.2, -0.15) is 25.3 Å². The summed E-state index contributed by atoms with van der Waals surface area (Å²) in [6, 6.07) is 26.6. The molecule has 0 aliphatic heterocycles. The lowest BCUT2D eigenvalue weighted by atomic mass is 9.82. The van der Waals surface area contributed by atoms with E-state index in [4.69, 9.17) is 26.8 Å². The Morgan fingerprint density at radius 1 is 0.519 bits per heavy atom. The number of nitrogens with zero attached hydrogens (tertiary/aromatic N) is 1. The van der Waals surface area contributed by atoms with Crippen LogP contribution in [0, 0.1) is 10.1 Å². The molecule has 0 saturated carbocycles. The van der Waals surface area contributed by atoms with E-state index in [0.29, 0.717) is 0 Å². The third-order valence-corrected chi connectivity index (χ3v) is 9.25. The predicted molar refractivity (Wildman–Crippen MR) is 191 cm³/mol. The lowest BCUT2D eigenvalue weighted by molar-refractivity contribution is -0.579. The quantitative estimate of drug-likeness (QED) is 0.0681. The summed E-state index contributed by atoms with van der Waals surface area (Å²) in [4.78, 5) is 12.5. The van der Waals surface area contributed by atoms with Gasteiger partial charge in [0.25, 0.3) is 30.4 Å². The molecule has 0 saturated heterocycles. The molecule has 0 spiro atoms. The van der Waals surface area contributed by atoms with Gasteiger partial charge in [-0.25, -0.2) is 0 Å². The van der Waals surface area contributed by atoms with Gasteiger partial charge in [0.15, 0.2) is 0 Å². The average Bonchev–Trinajstić information content (AvgIpc) is 3.04. The van der Waals surface area contributed by atoms with Crippen LogP contribution in [-0.4, -0.2) is 92.6 Å². The van der Waals surface area contributed by atoms with Crippen LogP contribution in [0.1, 0.15) is 36.0 Å². The maximum atomic E-state index is 13.3. The highest BCUT2D eigenvalue weighted by Gasteiger charge is 2.50. The second-order valence-corrected chi connectivity index (χ2v) is 17.2. The third-order valence-electron chi connectivity index (χ3n) is 7.39. The Morgan fingerprint density at radius 2 is 0.769 bits per heavy atom. The standard InChI is InChI=1S/C34H45NO14S3/c1-50(38,39)47-31(25-44-22-28-13-7-4-8-14-28)19-34(35(36)37,20-32(48-51(2,40)41)26-45-23-29-15-9-5-10-16-29)21-33(49-52(3,42)43)27-46-24-30-17-11-6-12-18-30/h4-18,31-33H,19-27H2,1-3H3. The Labute approximate surface area is 305 Å². The predicted octanol–water partition coefficient (Wildman–Crippen LogP) is 3.86. The summed E-state index contributed by atoms with van der Waals surface area (Å²) in [7, 11) is -12.7. The highest BCUT2D eigenvalue weighted by atomic mass is 32.2. The lowest BCUT2D eigenvalue weighted by Crippen LogP contribution is -2.50. The molecule has 0 bridgehead atoms. The molecule has 3 aromatic carbocycles. The van der Waals surface area contributed by atoms with Gasteiger partial charge >= 0.3 is 0 Å². The topological polar surface area (TPSA) is 201 Å². The SMILES string of the molecule is CS(=O)(=O)OC(COCc1ccccc1)CC(CC(COCc1ccccc1)OS(C)(=O)=O)(CC(COCc1ccccc1)OS(C)(=O)=O)[N+](=O)[O-]. The van der Waals surface area contributed by atoms with Gasteiger partial charge in [0, 0.05) is 24.2 Å². The molecule has 0 radical (unpaired) electrons. The summed E-state index contributed by atoms with van der Waals surface area (Å²) in [5.41, 5.74) is -0.149. The minimum atomic E-state index is -4.23. The molecule has 18 heteroatoms. The summed E-state index contributed by atoms with van der Waals surface area (Å²) in [5.74, 6) is 0. The molecule has 0 aromatic heterocycles. The fourth-order valence-electron chi connectivity index (χ4n) is 5.50. The van der Waals surface area contributed by atoms with E-state index in [2.05, 4.69) is 0 Å². The summed E-state index contributed by atoms with van der Waals surface area (Å²) in [6.45, 7) is -1.30. The first-order valence-corrected chi connectivity index (χ1v) is 21.5. The van der Waals surface area contributed by atoms with Crippen LogP contribution in [0.2, 0.25) is 0 Å². The lowest BCUT2D eigenvalue weighted by Gasteiger charge is -2.33. The number of hydrogen-bond acceptors (Lipinski definition) is 14. The van der Waals surface area contributed by atoms with E-state index in [1.807, 2.05) is 0 Å². The maximum Gasteiger partial charge on any atom is 0.264 e. The number of benzene rings is 3. The van der Waals surface area contributed by atoms with E-state index >= 15 is 0 Å². The van der Waals surface area contributed by atoms with Gasteiger partial charge in [-0.15, -0.1) is 0 Å². The first-order chi connectivity index (χ1) is 24.4. The van der Waals surface area contributed by atoms with Crippen molar-refractivity contribution in [3.8, 4) is 0 Å². The summed E-state index contributed by atoms with van der Waals surface area (Å²) in [6.07, 6.45) is -4.26. The Hall–Kier alpha value is -3.33. The monoisotopic (exact) mass is 787 g/mol. The zero-order valence-electron chi connectivity index (χ0n) is 29.1. The minimum absolute atomic E-state index is 0.0101. The van der Waals surface area contributed by atoms with Gasteiger partial charge < -0.3 is 14.2 Å². The molecule has 0 aliphatic carbocycles. The van der Waals surface area contributed by atoms with E-state index in [0.717, 1.165) is 35.5 Å². The highest BCUT2D eigenvalue weighted by molar-refractivity contribution is 7.86. The fraction of sp³-hybridized carbons (Fsp3) is 0.471. The Morgan fingerprint density at radius 3 is 0.981 bits per heavy atom. The molecule has 52 heavy (non-hydrogen) atoms. The summed E-state index contributed by atoms with van der Waals surface area (Å²) >= 11 is 0. The molecule has 0 heterocycles. The highest BCUT2D eigenvalue weighted by Crippen LogP contribution is 2.34. The second-order valence-electron chi connectivity index (χ2n) is 12.4. The van der Waals surface area contributed by atoms with Crippen LogP contribution in [0.3, 0.4) is 0 Å². The van der Waals surface area contributed by atoms with Crippen molar-refractivity contribution in [3.63, 3.8) is 0 Å². The summed E-state index contributed by atoms with van der Waals surface area (Å²) in [5, 5.41) is 13.3. The molecule has 0 N–H and O–H groups in total. The normalized spacial score (nSPS) is 15.4. The Balaban J connectivity index is 2.01. The van der Waals surface area contributed by atoms with Crippen LogP contribution in [0.4, 0.5) is 0 Å². The zero-order valence-corrected chi connectivity index (χ0v) is 31.6. The molecule has 0 aliphatic rings. The fourth-order valence-corrected chi connectivity index (χ4v) is 7.35. The van der Waals surface area contributed by atoms with Crippen LogP contribution in [0.25, 0.3) is 0 Å². The molecular weight excluding hydrogens is 743 g/mol. The van der Waals surface area contributed by atoms with Crippen molar-refractivity contribution in [2.75, 3.05) is 38.6 Å². The summed E-state index contributed by atoms with van der Waals surface area (Å²) < 4.78 is 108. The Bertz CT molecular complexity index is 1640. The molecule has 15 nitrogen and oxygen atoms in total. The number of ether oxygens (including phenoxy) is 3. The average molecular weight is 788 g/mol. The van der Waals surface area contributed by atoms with Gasteiger partial charge in [0.05, 0.1) is 58.4 Å². The molecular formula is C34H45NO14S3. The zero-order chi connectivity index (χ0) is 38.3. The maximum absolute atomic E-state index is 13.3. The van der Waals surface area contributed by atoms with Crippen LogP contribution >= 0.6 is 0 Å². The van der Waals surface area contributed by atoms with E-state index in [1.54, 1.807) is 91.0 Å². The van der Waals surface area contributed by atoms with Crippen LogP contribution in [0.15, 0.2) is 91.0 Å². The van der Waals surface area contributed by atoms with Crippen molar-refractivity contribution in [1.82, 2.24) is 0 Å². The van der Waals surface area contributed by atoms with Gasteiger partial charge in [-0.3, -0.25) is 22.7 Å². The van der Waals surface area contributed by atoms with Gasteiger partial charge in [0.2, 0.25) is 5.54 Å². The minimum Gasteiger partial charge on any atom is -0.374 e. The van der Waals surface area contributed by atoms with Crippen LogP contribution in [0.5, 0.6) is 0 Å². The van der Waals surface area contributed by atoms with Crippen LogP contribution < -0.4 is 0 Å². The first-order valence-electron chi connectivity index (χ1n) is 16.1. The number of rotatable bonds is 25. The van der Waals surface area contributed by atoms with Crippen LogP contribution in [-0.2, 0) is 76.9 Å². The number of hydrogen-bond donors (Lipinski definition) is 0. The second kappa shape index (κ2) is 20.2. The molecule has 3 aromatic rings. The van der Waals surface area contributed by atoms with Crippen molar-refractivity contribution in [2.24, 2.45) is 0 Å². The van der Waals surface area contributed by atoms with E-state index in [-0.39, 0.29) is 19.8 Å². The molecule has 0 fully saturated rings. The number of nitro groups is 1. The van der Waals surface area contributed by atoms with Crippen molar-refractivity contribution >= 4 is 30.4 Å². The van der Waals surface area contributed by atoms with E-state index in [9.17, 15) is 35.4 Å².